The van der Waals surface area contributed by atoms with Crippen LogP contribution in [-0.4, -0.2) is 73.9 Å². The summed E-state index contributed by atoms with van der Waals surface area (Å²) in [5.41, 5.74) is -0.0957. The standard InChI is InChI=1S/C30H41N3O7S/c1-20-9-15-23(16-10-20)41(37,38)33(26(34)25-30(5,6)17-18-31-25)24(27(35)40-29(2,3)4)19-21-11-13-22(14-12-21)39-28(36)32(7)8/h9-16,24-25,31H,17-19H2,1-8H3/t24-,25+/m0/s1. The van der Waals surface area contributed by atoms with Crippen LogP contribution in [0.2, 0.25) is 0 Å². The summed E-state index contributed by atoms with van der Waals surface area (Å²) in [6.07, 6.45) is -0.0515. The predicted molar refractivity (Wildman–Crippen MR) is 155 cm³/mol. The van der Waals surface area contributed by atoms with Crippen LogP contribution in [0.25, 0.3) is 0 Å². The lowest BCUT2D eigenvalue weighted by Gasteiger charge is -2.36. The van der Waals surface area contributed by atoms with Gasteiger partial charge in [-0.1, -0.05) is 43.7 Å². The van der Waals surface area contributed by atoms with Crippen LogP contribution >= 0.6 is 0 Å². The maximum Gasteiger partial charge on any atom is 0.414 e. The first-order chi connectivity index (χ1) is 18.9. The van der Waals surface area contributed by atoms with Crippen LogP contribution < -0.4 is 10.1 Å². The number of aryl methyl sites for hydroxylation is 1. The number of sulfonamides is 1. The van der Waals surface area contributed by atoms with Crippen molar-refractivity contribution in [2.75, 3.05) is 20.6 Å². The summed E-state index contributed by atoms with van der Waals surface area (Å²) in [7, 11) is -1.37. The lowest BCUT2D eigenvalue weighted by Crippen LogP contribution is -2.58. The highest BCUT2D eigenvalue weighted by Gasteiger charge is 2.49. The Morgan fingerprint density at radius 3 is 2.10 bits per heavy atom. The molecule has 0 radical (unpaired) electrons. The van der Waals surface area contributed by atoms with Crippen molar-refractivity contribution in [2.24, 2.45) is 5.41 Å². The minimum atomic E-state index is -4.49. The summed E-state index contributed by atoms with van der Waals surface area (Å²) in [6, 6.07) is 10.1. The fraction of sp³-hybridized carbons (Fsp3) is 0.500. The zero-order chi connectivity index (χ0) is 30.8. The monoisotopic (exact) mass is 587 g/mol. The quantitative estimate of drug-likeness (QED) is 0.462. The summed E-state index contributed by atoms with van der Waals surface area (Å²) in [4.78, 5) is 41.0. The third-order valence-corrected chi connectivity index (χ3v) is 8.65. The van der Waals surface area contributed by atoms with E-state index in [0.29, 0.717) is 22.8 Å². The van der Waals surface area contributed by atoms with Gasteiger partial charge in [-0.25, -0.2) is 22.3 Å². The Balaban J connectivity index is 2.12. The SMILES string of the molecule is Cc1ccc(S(=O)(=O)N(C(=O)[C@H]2NCCC2(C)C)[C@@H](Cc2ccc(OC(=O)N(C)C)cc2)C(=O)OC(C)(C)C)cc1. The van der Waals surface area contributed by atoms with Crippen molar-refractivity contribution in [3.05, 3.63) is 59.7 Å². The van der Waals surface area contributed by atoms with Crippen molar-refractivity contribution in [3.8, 4) is 5.75 Å². The number of carbonyl (C=O) groups excluding carboxylic acids is 3. The summed E-state index contributed by atoms with van der Waals surface area (Å²) in [5, 5.41) is 3.14. The average Bonchev–Trinajstić information content (AvgIpc) is 3.22. The van der Waals surface area contributed by atoms with Gasteiger partial charge in [-0.15, -0.1) is 0 Å². The van der Waals surface area contributed by atoms with E-state index in [1.165, 1.54) is 17.0 Å². The molecule has 2 aromatic carbocycles. The van der Waals surface area contributed by atoms with Crippen molar-refractivity contribution in [2.45, 2.75) is 77.0 Å². The van der Waals surface area contributed by atoms with Crippen LogP contribution in [0.3, 0.4) is 0 Å². The Kier molecular flexibility index (Phi) is 9.54. The minimum Gasteiger partial charge on any atom is -0.458 e. The number of hydrogen-bond donors (Lipinski definition) is 1. The van der Waals surface area contributed by atoms with Gasteiger partial charge in [0.2, 0.25) is 0 Å². The first-order valence-electron chi connectivity index (χ1n) is 13.5. The lowest BCUT2D eigenvalue weighted by molar-refractivity contribution is -0.162. The van der Waals surface area contributed by atoms with E-state index in [-0.39, 0.29) is 17.1 Å². The van der Waals surface area contributed by atoms with E-state index >= 15 is 0 Å². The number of esters is 1. The van der Waals surface area contributed by atoms with Gasteiger partial charge < -0.3 is 19.7 Å². The molecule has 0 aliphatic carbocycles. The smallest absolute Gasteiger partial charge is 0.414 e. The van der Waals surface area contributed by atoms with Crippen molar-refractivity contribution in [1.29, 1.82) is 0 Å². The van der Waals surface area contributed by atoms with Crippen molar-refractivity contribution >= 4 is 28.0 Å². The van der Waals surface area contributed by atoms with Gasteiger partial charge in [-0.3, -0.25) is 4.79 Å². The van der Waals surface area contributed by atoms with E-state index < -0.39 is 51.1 Å². The highest BCUT2D eigenvalue weighted by Crippen LogP contribution is 2.34. The Bertz CT molecular complexity index is 1360. The maximum atomic E-state index is 14.2. The Morgan fingerprint density at radius 1 is 1.02 bits per heavy atom. The van der Waals surface area contributed by atoms with Gasteiger partial charge in [0.25, 0.3) is 15.9 Å². The van der Waals surface area contributed by atoms with E-state index in [9.17, 15) is 22.8 Å². The van der Waals surface area contributed by atoms with Crippen molar-refractivity contribution in [3.63, 3.8) is 0 Å². The van der Waals surface area contributed by atoms with Gasteiger partial charge in [-0.05, 0) is 75.9 Å². The maximum absolute atomic E-state index is 14.2. The molecular weight excluding hydrogens is 546 g/mol. The second kappa shape index (κ2) is 12.2. The molecule has 1 heterocycles. The Morgan fingerprint density at radius 2 is 1.61 bits per heavy atom. The van der Waals surface area contributed by atoms with E-state index in [2.05, 4.69) is 5.32 Å². The molecule has 0 bridgehead atoms. The zero-order valence-electron chi connectivity index (χ0n) is 25.1. The molecule has 1 N–H and O–H groups in total. The molecule has 1 aliphatic rings. The first kappa shape index (κ1) is 32.1. The molecule has 10 nitrogen and oxygen atoms in total. The fourth-order valence-corrected chi connectivity index (χ4v) is 6.06. The summed E-state index contributed by atoms with van der Waals surface area (Å²) in [6.45, 7) is 11.2. The molecule has 0 unspecified atom stereocenters. The molecule has 1 fully saturated rings. The number of rotatable bonds is 8. The van der Waals surface area contributed by atoms with E-state index in [0.717, 1.165) is 5.56 Å². The number of amides is 2. The normalized spacial score (nSPS) is 17.4. The number of hydrogen-bond acceptors (Lipinski definition) is 8. The minimum absolute atomic E-state index is 0.105. The van der Waals surface area contributed by atoms with Crippen LogP contribution in [0, 0.1) is 12.3 Å². The van der Waals surface area contributed by atoms with Gasteiger partial charge in [0.1, 0.15) is 17.4 Å². The number of nitrogens with one attached hydrogen (secondary N) is 1. The third kappa shape index (κ3) is 7.85. The molecule has 0 saturated carbocycles. The van der Waals surface area contributed by atoms with Gasteiger partial charge in [0.15, 0.2) is 0 Å². The van der Waals surface area contributed by atoms with Gasteiger partial charge in [0.05, 0.1) is 10.9 Å². The topological polar surface area (TPSA) is 122 Å². The molecular formula is C30H41N3O7S. The lowest BCUT2D eigenvalue weighted by atomic mass is 9.84. The molecule has 0 aromatic heterocycles. The van der Waals surface area contributed by atoms with Crippen LogP contribution in [0.1, 0.15) is 52.2 Å². The Labute approximate surface area is 243 Å². The molecule has 2 amide bonds. The summed E-state index contributed by atoms with van der Waals surface area (Å²) >= 11 is 0. The second-order valence-electron chi connectivity index (χ2n) is 12.2. The molecule has 1 aliphatic heterocycles. The molecule has 2 aromatic rings. The summed E-state index contributed by atoms with van der Waals surface area (Å²) in [5.74, 6) is -1.29. The largest absolute Gasteiger partial charge is 0.458 e. The molecule has 41 heavy (non-hydrogen) atoms. The molecule has 3 rings (SSSR count). The van der Waals surface area contributed by atoms with Gasteiger partial charge in [0, 0.05) is 20.5 Å². The predicted octanol–water partition coefficient (Wildman–Crippen LogP) is 3.91. The van der Waals surface area contributed by atoms with E-state index in [1.807, 2.05) is 20.8 Å². The van der Waals surface area contributed by atoms with Crippen molar-refractivity contribution < 1.29 is 32.3 Å². The molecule has 1 saturated heterocycles. The van der Waals surface area contributed by atoms with Crippen LogP contribution in [-0.2, 0) is 30.8 Å². The van der Waals surface area contributed by atoms with Gasteiger partial charge >= 0.3 is 12.1 Å². The highest BCUT2D eigenvalue weighted by molar-refractivity contribution is 7.89. The van der Waals surface area contributed by atoms with E-state index in [1.54, 1.807) is 71.3 Å². The number of benzene rings is 2. The highest BCUT2D eigenvalue weighted by atomic mass is 32.2. The molecule has 0 spiro atoms. The average molecular weight is 588 g/mol. The number of nitrogens with zero attached hydrogens (tertiary/aromatic N) is 2. The second-order valence-corrected chi connectivity index (χ2v) is 14.1. The number of ether oxygens (including phenoxy) is 2. The molecule has 224 valence electrons. The Hall–Kier alpha value is -3.44. The first-order valence-corrected chi connectivity index (χ1v) is 15.0. The molecule has 11 heteroatoms. The van der Waals surface area contributed by atoms with Gasteiger partial charge in [-0.2, -0.15) is 0 Å². The van der Waals surface area contributed by atoms with Crippen LogP contribution in [0.15, 0.2) is 53.4 Å². The zero-order valence-corrected chi connectivity index (χ0v) is 25.9. The van der Waals surface area contributed by atoms with Crippen molar-refractivity contribution in [1.82, 2.24) is 14.5 Å². The van der Waals surface area contributed by atoms with Crippen LogP contribution in [0.4, 0.5) is 4.79 Å². The number of carbonyl (C=O) groups is 3. The third-order valence-electron chi connectivity index (χ3n) is 6.83. The fourth-order valence-electron chi connectivity index (χ4n) is 4.51. The summed E-state index contributed by atoms with van der Waals surface area (Å²) < 4.78 is 40.1. The molecule has 2 atom stereocenters. The van der Waals surface area contributed by atoms with E-state index in [4.69, 9.17) is 9.47 Å². The van der Waals surface area contributed by atoms with Crippen LogP contribution in [0.5, 0.6) is 5.75 Å².